The van der Waals surface area contributed by atoms with E-state index in [1.54, 1.807) is 31.4 Å². The summed E-state index contributed by atoms with van der Waals surface area (Å²) in [7, 11) is -1.93. The molecule has 0 fully saturated rings. The molecule has 0 aromatic heterocycles. The summed E-state index contributed by atoms with van der Waals surface area (Å²) in [5.41, 5.74) is 3.46. The van der Waals surface area contributed by atoms with E-state index >= 15 is 0 Å². The first kappa shape index (κ1) is 19.9. The molecule has 0 aliphatic heterocycles. The third-order valence-electron chi connectivity index (χ3n) is 3.92. The number of methoxy groups -OCH3 is 1. The zero-order chi connectivity index (χ0) is 19.3. The van der Waals surface area contributed by atoms with Gasteiger partial charge in [-0.15, -0.1) is 0 Å². The molecule has 1 atom stereocenters. The van der Waals surface area contributed by atoms with Gasteiger partial charge in [0.2, 0.25) is 15.9 Å². The van der Waals surface area contributed by atoms with Gasteiger partial charge in [0.1, 0.15) is 5.75 Å². The summed E-state index contributed by atoms with van der Waals surface area (Å²) in [5.74, 6) is 0.389. The van der Waals surface area contributed by atoms with Crippen LogP contribution in [0.1, 0.15) is 29.2 Å². The van der Waals surface area contributed by atoms with E-state index in [1.165, 1.54) is 0 Å². The highest BCUT2D eigenvalue weighted by molar-refractivity contribution is 7.88. The lowest BCUT2D eigenvalue weighted by Gasteiger charge is -2.18. The van der Waals surface area contributed by atoms with Crippen LogP contribution in [-0.2, 0) is 14.8 Å². The van der Waals surface area contributed by atoms with Gasteiger partial charge in [-0.05, 0) is 43.2 Å². The molecule has 1 amide bonds. The quantitative estimate of drug-likeness (QED) is 0.778. The summed E-state index contributed by atoms with van der Waals surface area (Å²) in [6.45, 7) is 3.90. The van der Waals surface area contributed by atoms with Crippen LogP contribution in [0.2, 0.25) is 0 Å². The van der Waals surface area contributed by atoms with Gasteiger partial charge in [-0.25, -0.2) is 13.1 Å². The minimum Gasteiger partial charge on any atom is -0.497 e. The van der Waals surface area contributed by atoms with E-state index < -0.39 is 16.1 Å². The van der Waals surface area contributed by atoms with E-state index in [4.69, 9.17) is 4.74 Å². The number of hydrogen-bond acceptors (Lipinski definition) is 4. The van der Waals surface area contributed by atoms with Crippen molar-refractivity contribution in [2.24, 2.45) is 0 Å². The first-order valence-corrected chi connectivity index (χ1v) is 10.1. The molecule has 0 saturated heterocycles. The summed E-state index contributed by atoms with van der Waals surface area (Å²) >= 11 is 0. The van der Waals surface area contributed by atoms with Crippen molar-refractivity contribution in [2.75, 3.05) is 18.7 Å². The molecule has 2 rings (SSSR count). The van der Waals surface area contributed by atoms with Crippen molar-refractivity contribution in [3.63, 3.8) is 0 Å². The lowest BCUT2D eigenvalue weighted by atomic mass is 10.0. The normalized spacial score (nSPS) is 12.5. The molecular weight excluding hydrogens is 352 g/mol. The SMILES string of the molecule is COc1ccc(C(CC(=O)Nc2ccc(C)cc2C)NS(C)(=O)=O)cc1. The van der Waals surface area contributed by atoms with Gasteiger partial charge >= 0.3 is 0 Å². The number of hydrogen-bond donors (Lipinski definition) is 2. The van der Waals surface area contributed by atoms with Gasteiger partial charge in [-0.1, -0.05) is 29.8 Å². The van der Waals surface area contributed by atoms with Crippen LogP contribution in [0.15, 0.2) is 42.5 Å². The van der Waals surface area contributed by atoms with Crippen molar-refractivity contribution in [3.05, 3.63) is 59.2 Å². The Morgan fingerprint density at radius 3 is 2.31 bits per heavy atom. The minimum absolute atomic E-state index is 0.0211. The largest absolute Gasteiger partial charge is 0.497 e. The number of benzene rings is 2. The molecule has 0 bridgehead atoms. The fourth-order valence-corrected chi connectivity index (χ4v) is 3.40. The van der Waals surface area contributed by atoms with Crippen LogP contribution >= 0.6 is 0 Å². The highest BCUT2D eigenvalue weighted by Gasteiger charge is 2.20. The van der Waals surface area contributed by atoms with E-state index in [0.717, 1.165) is 17.4 Å². The molecular formula is C19H24N2O4S. The van der Waals surface area contributed by atoms with Crippen molar-refractivity contribution in [1.29, 1.82) is 0 Å². The first-order chi connectivity index (χ1) is 12.2. The second-order valence-corrected chi connectivity index (χ2v) is 8.07. The molecule has 26 heavy (non-hydrogen) atoms. The summed E-state index contributed by atoms with van der Waals surface area (Å²) < 4.78 is 31.0. The summed E-state index contributed by atoms with van der Waals surface area (Å²) in [6, 6.07) is 12.0. The van der Waals surface area contributed by atoms with E-state index in [9.17, 15) is 13.2 Å². The number of aryl methyl sites for hydroxylation is 2. The maximum absolute atomic E-state index is 12.5. The lowest BCUT2D eigenvalue weighted by Crippen LogP contribution is -2.30. The number of sulfonamides is 1. The van der Waals surface area contributed by atoms with Gasteiger partial charge in [-0.2, -0.15) is 0 Å². The van der Waals surface area contributed by atoms with Crippen LogP contribution in [0.3, 0.4) is 0 Å². The molecule has 0 saturated carbocycles. The van der Waals surface area contributed by atoms with Crippen molar-refractivity contribution in [3.8, 4) is 5.75 Å². The average Bonchev–Trinajstić information content (AvgIpc) is 2.56. The third-order valence-corrected chi connectivity index (χ3v) is 4.63. The molecule has 0 radical (unpaired) electrons. The maximum atomic E-state index is 12.5. The average molecular weight is 376 g/mol. The van der Waals surface area contributed by atoms with Gasteiger partial charge in [0.05, 0.1) is 19.4 Å². The van der Waals surface area contributed by atoms with Gasteiger partial charge < -0.3 is 10.1 Å². The monoisotopic (exact) mass is 376 g/mol. The molecule has 0 aliphatic carbocycles. The van der Waals surface area contributed by atoms with Crippen molar-refractivity contribution in [1.82, 2.24) is 4.72 Å². The summed E-state index contributed by atoms with van der Waals surface area (Å²) in [6.07, 6.45) is 1.05. The van der Waals surface area contributed by atoms with Gasteiger partial charge in [0, 0.05) is 12.1 Å². The number of rotatable bonds is 7. The molecule has 2 aromatic rings. The third kappa shape index (κ3) is 5.86. The van der Waals surface area contributed by atoms with Crippen LogP contribution in [-0.4, -0.2) is 27.7 Å². The van der Waals surface area contributed by atoms with Gasteiger partial charge in [0.25, 0.3) is 0 Å². The minimum atomic E-state index is -3.48. The molecule has 6 nitrogen and oxygen atoms in total. The van der Waals surface area contributed by atoms with Gasteiger partial charge in [0.15, 0.2) is 0 Å². The van der Waals surface area contributed by atoms with Crippen molar-refractivity contribution < 1.29 is 17.9 Å². The first-order valence-electron chi connectivity index (χ1n) is 8.16. The summed E-state index contributed by atoms with van der Waals surface area (Å²) in [5, 5.41) is 2.85. The fraction of sp³-hybridized carbons (Fsp3) is 0.316. The topological polar surface area (TPSA) is 84.5 Å². The second-order valence-electron chi connectivity index (χ2n) is 6.29. The molecule has 0 heterocycles. The molecule has 2 aromatic carbocycles. The smallest absolute Gasteiger partial charge is 0.226 e. The number of ether oxygens (including phenoxy) is 1. The predicted molar refractivity (Wildman–Crippen MR) is 103 cm³/mol. The Balaban J connectivity index is 2.18. The molecule has 140 valence electrons. The Morgan fingerprint density at radius 2 is 1.77 bits per heavy atom. The number of nitrogens with one attached hydrogen (secondary N) is 2. The van der Waals surface area contributed by atoms with E-state index in [2.05, 4.69) is 10.0 Å². The summed E-state index contributed by atoms with van der Waals surface area (Å²) in [4.78, 5) is 12.5. The lowest BCUT2D eigenvalue weighted by molar-refractivity contribution is -0.116. The standard InChI is InChI=1S/C19H24N2O4S/c1-13-5-10-17(14(2)11-13)20-19(22)12-18(21-26(4,23)24)15-6-8-16(25-3)9-7-15/h5-11,18,21H,12H2,1-4H3,(H,20,22). The highest BCUT2D eigenvalue weighted by atomic mass is 32.2. The predicted octanol–water partition coefficient (Wildman–Crippen LogP) is 2.93. The number of carbonyl (C=O) groups excluding carboxylic acids is 1. The zero-order valence-corrected chi connectivity index (χ0v) is 16.2. The van der Waals surface area contributed by atoms with Crippen LogP contribution < -0.4 is 14.8 Å². The Morgan fingerprint density at radius 1 is 1.12 bits per heavy atom. The molecule has 2 N–H and O–H groups in total. The van der Waals surface area contributed by atoms with Crippen molar-refractivity contribution >= 4 is 21.6 Å². The highest BCUT2D eigenvalue weighted by Crippen LogP contribution is 2.23. The van der Waals surface area contributed by atoms with E-state index in [-0.39, 0.29) is 12.3 Å². The maximum Gasteiger partial charge on any atom is 0.226 e. The molecule has 0 spiro atoms. The molecule has 0 aliphatic rings. The Kier molecular flexibility index (Phi) is 6.39. The van der Waals surface area contributed by atoms with Crippen LogP contribution in [0.25, 0.3) is 0 Å². The molecule has 7 heteroatoms. The zero-order valence-electron chi connectivity index (χ0n) is 15.4. The molecule has 1 unspecified atom stereocenters. The fourth-order valence-electron chi connectivity index (χ4n) is 2.66. The van der Waals surface area contributed by atoms with Gasteiger partial charge in [-0.3, -0.25) is 4.79 Å². The van der Waals surface area contributed by atoms with Crippen LogP contribution in [0.5, 0.6) is 5.75 Å². The van der Waals surface area contributed by atoms with E-state index in [0.29, 0.717) is 17.0 Å². The van der Waals surface area contributed by atoms with Crippen LogP contribution in [0.4, 0.5) is 5.69 Å². The Hall–Kier alpha value is -2.38. The number of carbonyl (C=O) groups is 1. The second kappa shape index (κ2) is 8.33. The number of anilines is 1. The Labute approximate surface area is 154 Å². The number of amides is 1. The Bertz CT molecular complexity index is 877. The van der Waals surface area contributed by atoms with Crippen LogP contribution in [0, 0.1) is 13.8 Å². The van der Waals surface area contributed by atoms with E-state index in [1.807, 2.05) is 32.0 Å². The van der Waals surface area contributed by atoms with Crippen molar-refractivity contribution in [2.45, 2.75) is 26.3 Å².